The highest BCUT2D eigenvalue weighted by molar-refractivity contribution is 5.82. The molecule has 0 aliphatic heterocycles. The van der Waals surface area contributed by atoms with Crippen LogP contribution in [0.3, 0.4) is 0 Å². The second-order valence-electron chi connectivity index (χ2n) is 3.13. The maximum atomic E-state index is 11.1. The van der Waals surface area contributed by atoms with Gasteiger partial charge in [-0.1, -0.05) is 30.3 Å². The number of hydrogen-bond donors (Lipinski definition) is 1. The fourth-order valence-electron chi connectivity index (χ4n) is 1.22. The van der Waals surface area contributed by atoms with Crippen LogP contribution in [0.1, 0.15) is 12.5 Å². The standard InChI is InChI=1S/C12H15NO2/c1-2-15-12(14)9-11(13)8-10-6-4-3-5-7-10/h3-7,9H,2,8,13H2,1H3/b11-9-. The molecule has 0 atom stereocenters. The van der Waals surface area contributed by atoms with Crippen LogP contribution >= 0.6 is 0 Å². The molecule has 0 aliphatic rings. The number of nitrogens with two attached hydrogens (primary N) is 1. The van der Waals surface area contributed by atoms with Gasteiger partial charge in [-0.2, -0.15) is 0 Å². The van der Waals surface area contributed by atoms with E-state index in [1.54, 1.807) is 6.92 Å². The molecule has 0 spiro atoms. The van der Waals surface area contributed by atoms with Gasteiger partial charge in [-0.05, 0) is 12.5 Å². The van der Waals surface area contributed by atoms with Crippen molar-refractivity contribution in [2.24, 2.45) is 5.73 Å². The van der Waals surface area contributed by atoms with E-state index in [-0.39, 0.29) is 5.97 Å². The van der Waals surface area contributed by atoms with Crippen LogP contribution in [0.2, 0.25) is 0 Å². The predicted octanol–water partition coefficient (Wildman–Crippen LogP) is 1.63. The second kappa shape index (κ2) is 5.86. The summed E-state index contributed by atoms with van der Waals surface area (Å²) in [6.45, 7) is 2.13. The number of rotatable bonds is 4. The Morgan fingerprint density at radius 1 is 1.40 bits per heavy atom. The van der Waals surface area contributed by atoms with E-state index < -0.39 is 0 Å². The number of esters is 1. The van der Waals surface area contributed by atoms with Gasteiger partial charge in [0.15, 0.2) is 0 Å². The zero-order valence-corrected chi connectivity index (χ0v) is 8.77. The van der Waals surface area contributed by atoms with Gasteiger partial charge in [-0.3, -0.25) is 0 Å². The largest absolute Gasteiger partial charge is 0.463 e. The maximum Gasteiger partial charge on any atom is 0.332 e. The van der Waals surface area contributed by atoms with E-state index in [4.69, 9.17) is 10.5 Å². The first-order chi connectivity index (χ1) is 7.22. The minimum Gasteiger partial charge on any atom is -0.463 e. The molecule has 0 unspecified atom stereocenters. The third-order valence-electron chi connectivity index (χ3n) is 1.84. The molecule has 0 aliphatic carbocycles. The van der Waals surface area contributed by atoms with Gasteiger partial charge in [0, 0.05) is 18.2 Å². The first-order valence-electron chi connectivity index (χ1n) is 4.89. The second-order valence-corrected chi connectivity index (χ2v) is 3.13. The molecule has 0 aromatic heterocycles. The van der Waals surface area contributed by atoms with Crippen LogP contribution in [0, 0.1) is 0 Å². The van der Waals surface area contributed by atoms with Gasteiger partial charge in [-0.25, -0.2) is 4.79 Å². The zero-order valence-electron chi connectivity index (χ0n) is 8.77. The van der Waals surface area contributed by atoms with Crippen molar-refractivity contribution in [1.29, 1.82) is 0 Å². The minimum atomic E-state index is -0.383. The molecule has 0 saturated carbocycles. The fourth-order valence-corrected chi connectivity index (χ4v) is 1.22. The first kappa shape index (κ1) is 11.3. The first-order valence-corrected chi connectivity index (χ1v) is 4.89. The molecule has 3 heteroatoms. The molecule has 0 amide bonds. The van der Waals surface area contributed by atoms with Gasteiger partial charge in [0.1, 0.15) is 0 Å². The Morgan fingerprint density at radius 3 is 2.67 bits per heavy atom. The molecule has 0 heterocycles. The smallest absolute Gasteiger partial charge is 0.332 e. The molecule has 1 rings (SSSR count). The lowest BCUT2D eigenvalue weighted by atomic mass is 10.1. The van der Waals surface area contributed by atoms with Crippen molar-refractivity contribution < 1.29 is 9.53 Å². The SMILES string of the molecule is CCOC(=O)/C=C(\N)Cc1ccccc1. The third kappa shape index (κ3) is 4.31. The molecule has 2 N–H and O–H groups in total. The Morgan fingerprint density at radius 2 is 2.07 bits per heavy atom. The molecular formula is C12H15NO2. The van der Waals surface area contributed by atoms with Crippen molar-refractivity contribution in [1.82, 2.24) is 0 Å². The van der Waals surface area contributed by atoms with E-state index in [0.29, 0.717) is 18.7 Å². The normalized spacial score (nSPS) is 11.1. The number of carbonyl (C=O) groups excluding carboxylic acids is 1. The number of hydrogen-bond acceptors (Lipinski definition) is 3. The Kier molecular flexibility index (Phi) is 4.41. The quantitative estimate of drug-likeness (QED) is 0.600. The number of carbonyl (C=O) groups is 1. The van der Waals surface area contributed by atoms with Crippen molar-refractivity contribution >= 4 is 5.97 Å². The van der Waals surface area contributed by atoms with Crippen molar-refractivity contribution in [3.05, 3.63) is 47.7 Å². The summed E-state index contributed by atoms with van der Waals surface area (Å²) in [5, 5.41) is 0. The molecule has 0 fully saturated rings. The Balaban J connectivity index is 2.55. The van der Waals surface area contributed by atoms with Crippen LogP contribution in [0.15, 0.2) is 42.1 Å². The van der Waals surface area contributed by atoms with E-state index in [2.05, 4.69) is 0 Å². The van der Waals surface area contributed by atoms with Crippen LogP contribution in [0.4, 0.5) is 0 Å². The highest BCUT2D eigenvalue weighted by atomic mass is 16.5. The Hall–Kier alpha value is -1.77. The van der Waals surface area contributed by atoms with Crippen LogP contribution in [-0.4, -0.2) is 12.6 Å². The van der Waals surface area contributed by atoms with Gasteiger partial charge in [0.25, 0.3) is 0 Å². The number of ether oxygens (including phenoxy) is 1. The lowest BCUT2D eigenvalue weighted by molar-refractivity contribution is -0.137. The zero-order chi connectivity index (χ0) is 11.1. The summed E-state index contributed by atoms with van der Waals surface area (Å²) in [5.41, 5.74) is 7.29. The van der Waals surface area contributed by atoms with Crippen molar-refractivity contribution in [2.45, 2.75) is 13.3 Å². The summed E-state index contributed by atoms with van der Waals surface area (Å²) in [6.07, 6.45) is 1.90. The van der Waals surface area contributed by atoms with Crippen molar-refractivity contribution in [2.75, 3.05) is 6.61 Å². The summed E-state index contributed by atoms with van der Waals surface area (Å²) >= 11 is 0. The van der Waals surface area contributed by atoms with E-state index >= 15 is 0 Å². The lowest BCUT2D eigenvalue weighted by Crippen LogP contribution is -2.07. The van der Waals surface area contributed by atoms with Crippen LogP contribution < -0.4 is 5.73 Å². The average molecular weight is 205 g/mol. The molecule has 0 bridgehead atoms. The Labute approximate surface area is 89.5 Å². The molecule has 3 nitrogen and oxygen atoms in total. The summed E-state index contributed by atoms with van der Waals surface area (Å²) in [5.74, 6) is -0.383. The van der Waals surface area contributed by atoms with Gasteiger partial charge in [0.05, 0.1) is 6.61 Å². The third-order valence-corrected chi connectivity index (χ3v) is 1.84. The predicted molar refractivity (Wildman–Crippen MR) is 59.0 cm³/mol. The van der Waals surface area contributed by atoms with Gasteiger partial charge < -0.3 is 10.5 Å². The van der Waals surface area contributed by atoms with Gasteiger partial charge >= 0.3 is 5.97 Å². The number of allylic oxidation sites excluding steroid dienone is 1. The monoisotopic (exact) mass is 205 g/mol. The van der Waals surface area contributed by atoms with Crippen molar-refractivity contribution in [3.8, 4) is 0 Å². The Bertz CT molecular complexity index is 344. The molecule has 80 valence electrons. The summed E-state index contributed by atoms with van der Waals surface area (Å²) in [4.78, 5) is 11.1. The molecule has 1 aromatic rings. The highest BCUT2D eigenvalue weighted by Gasteiger charge is 1.99. The van der Waals surface area contributed by atoms with Crippen molar-refractivity contribution in [3.63, 3.8) is 0 Å². The van der Waals surface area contributed by atoms with Crippen LogP contribution in [0.5, 0.6) is 0 Å². The molecule has 15 heavy (non-hydrogen) atoms. The van der Waals surface area contributed by atoms with E-state index in [0.717, 1.165) is 5.56 Å². The lowest BCUT2D eigenvalue weighted by Gasteiger charge is -2.01. The van der Waals surface area contributed by atoms with E-state index in [1.807, 2.05) is 30.3 Å². The number of benzene rings is 1. The van der Waals surface area contributed by atoms with Crippen LogP contribution in [0.25, 0.3) is 0 Å². The van der Waals surface area contributed by atoms with Gasteiger partial charge in [-0.15, -0.1) is 0 Å². The van der Waals surface area contributed by atoms with E-state index in [1.165, 1.54) is 6.08 Å². The molecule has 0 radical (unpaired) electrons. The van der Waals surface area contributed by atoms with E-state index in [9.17, 15) is 4.79 Å². The minimum absolute atomic E-state index is 0.369. The van der Waals surface area contributed by atoms with Gasteiger partial charge in [0.2, 0.25) is 0 Å². The molecular weight excluding hydrogens is 190 g/mol. The summed E-state index contributed by atoms with van der Waals surface area (Å²) in [7, 11) is 0. The highest BCUT2D eigenvalue weighted by Crippen LogP contribution is 2.03. The molecule has 0 saturated heterocycles. The average Bonchev–Trinajstić information content (AvgIpc) is 2.19. The van der Waals surface area contributed by atoms with Crippen LogP contribution in [-0.2, 0) is 16.0 Å². The fraction of sp³-hybridized carbons (Fsp3) is 0.250. The molecule has 1 aromatic carbocycles. The topological polar surface area (TPSA) is 52.3 Å². The summed E-state index contributed by atoms with van der Waals surface area (Å²) in [6, 6.07) is 9.74. The maximum absolute atomic E-state index is 11.1. The summed E-state index contributed by atoms with van der Waals surface area (Å²) < 4.78 is 4.75.